The molecular formula is C13H16BrF2NO. The average Bonchev–Trinajstić information content (AvgIpc) is 2.38. The van der Waals surface area contributed by atoms with E-state index in [9.17, 15) is 8.78 Å². The molecule has 1 fully saturated rings. The highest BCUT2D eigenvalue weighted by Crippen LogP contribution is 2.27. The van der Waals surface area contributed by atoms with Gasteiger partial charge in [0.15, 0.2) is 0 Å². The van der Waals surface area contributed by atoms with Crippen LogP contribution in [0.1, 0.15) is 18.9 Å². The maximum absolute atomic E-state index is 14.0. The number of halogens is 3. The van der Waals surface area contributed by atoms with Gasteiger partial charge in [-0.25, -0.2) is 8.78 Å². The van der Waals surface area contributed by atoms with Crippen LogP contribution < -0.4 is 4.90 Å². The van der Waals surface area contributed by atoms with E-state index in [0.29, 0.717) is 30.6 Å². The van der Waals surface area contributed by atoms with Gasteiger partial charge < -0.3 is 9.64 Å². The van der Waals surface area contributed by atoms with E-state index in [1.807, 2.05) is 6.92 Å². The van der Waals surface area contributed by atoms with Gasteiger partial charge in [-0.3, -0.25) is 0 Å². The van der Waals surface area contributed by atoms with E-state index < -0.39 is 11.6 Å². The minimum Gasteiger partial charge on any atom is -0.375 e. The molecule has 1 aliphatic heterocycles. The molecule has 1 heterocycles. The van der Waals surface area contributed by atoms with Gasteiger partial charge in [-0.15, -0.1) is 0 Å². The molecule has 1 aromatic rings. The van der Waals surface area contributed by atoms with Crippen LogP contribution in [0.3, 0.4) is 0 Å². The first-order chi connectivity index (χ1) is 8.65. The third-order valence-electron chi connectivity index (χ3n) is 3.14. The van der Waals surface area contributed by atoms with E-state index in [2.05, 4.69) is 15.9 Å². The topological polar surface area (TPSA) is 12.5 Å². The minimum atomic E-state index is -0.499. The SMILES string of the molecule is CCC1CN(c2c(F)cc(CBr)cc2F)CCO1. The van der Waals surface area contributed by atoms with E-state index >= 15 is 0 Å². The lowest BCUT2D eigenvalue weighted by atomic mass is 10.1. The molecule has 0 aromatic heterocycles. The zero-order chi connectivity index (χ0) is 13.1. The number of nitrogens with zero attached hydrogens (tertiary/aromatic N) is 1. The highest BCUT2D eigenvalue weighted by Gasteiger charge is 2.24. The summed E-state index contributed by atoms with van der Waals surface area (Å²) in [5.41, 5.74) is 0.676. The molecule has 0 amide bonds. The number of anilines is 1. The van der Waals surface area contributed by atoms with Gasteiger partial charge in [0.2, 0.25) is 0 Å². The Morgan fingerprint density at radius 1 is 1.39 bits per heavy atom. The third-order valence-corrected chi connectivity index (χ3v) is 3.79. The molecule has 2 nitrogen and oxygen atoms in total. The quantitative estimate of drug-likeness (QED) is 0.791. The second-order valence-electron chi connectivity index (χ2n) is 4.39. The number of hydrogen-bond acceptors (Lipinski definition) is 2. The molecule has 1 aliphatic rings. The predicted molar refractivity (Wildman–Crippen MR) is 71.2 cm³/mol. The first-order valence-corrected chi connectivity index (χ1v) is 7.18. The zero-order valence-corrected chi connectivity index (χ0v) is 11.8. The lowest BCUT2D eigenvalue weighted by Crippen LogP contribution is -2.43. The van der Waals surface area contributed by atoms with E-state index in [0.717, 1.165) is 6.42 Å². The van der Waals surface area contributed by atoms with Crippen LogP contribution in [0.2, 0.25) is 0 Å². The summed E-state index contributed by atoms with van der Waals surface area (Å²) >= 11 is 3.20. The van der Waals surface area contributed by atoms with Crippen molar-refractivity contribution in [1.29, 1.82) is 0 Å². The number of hydrogen-bond donors (Lipinski definition) is 0. The van der Waals surface area contributed by atoms with Crippen LogP contribution in [-0.2, 0) is 10.1 Å². The monoisotopic (exact) mass is 319 g/mol. The van der Waals surface area contributed by atoms with Crippen molar-refractivity contribution in [1.82, 2.24) is 0 Å². The minimum absolute atomic E-state index is 0.0494. The maximum atomic E-state index is 14.0. The van der Waals surface area contributed by atoms with Crippen LogP contribution in [0.25, 0.3) is 0 Å². The Bertz CT molecular complexity index is 404. The third kappa shape index (κ3) is 2.83. The highest BCUT2D eigenvalue weighted by molar-refractivity contribution is 9.08. The molecule has 1 atom stereocenters. The number of alkyl halides is 1. The van der Waals surface area contributed by atoms with E-state index in [1.54, 1.807) is 4.90 Å². The summed E-state index contributed by atoms with van der Waals surface area (Å²) in [5.74, 6) is -0.998. The Labute approximate surface area is 114 Å². The predicted octanol–water partition coefficient (Wildman–Crippen LogP) is 3.47. The van der Waals surface area contributed by atoms with Gasteiger partial charge in [0.1, 0.15) is 17.3 Å². The molecule has 0 saturated carbocycles. The van der Waals surface area contributed by atoms with Crippen LogP contribution >= 0.6 is 15.9 Å². The molecule has 1 aromatic carbocycles. The number of rotatable bonds is 3. The summed E-state index contributed by atoms with van der Waals surface area (Å²) in [6.45, 7) is 3.59. The van der Waals surface area contributed by atoms with E-state index in [1.165, 1.54) is 12.1 Å². The van der Waals surface area contributed by atoms with E-state index in [4.69, 9.17) is 4.74 Å². The van der Waals surface area contributed by atoms with Gasteiger partial charge in [-0.1, -0.05) is 22.9 Å². The smallest absolute Gasteiger partial charge is 0.149 e. The van der Waals surface area contributed by atoms with Crippen LogP contribution in [0, 0.1) is 11.6 Å². The first-order valence-electron chi connectivity index (χ1n) is 6.06. The second kappa shape index (κ2) is 5.97. The molecule has 0 N–H and O–H groups in total. The van der Waals surface area contributed by atoms with Gasteiger partial charge in [0.05, 0.1) is 12.7 Å². The molecule has 100 valence electrons. The Morgan fingerprint density at radius 3 is 2.61 bits per heavy atom. The van der Waals surface area contributed by atoms with Crippen molar-refractivity contribution in [2.24, 2.45) is 0 Å². The fourth-order valence-electron chi connectivity index (χ4n) is 2.17. The Morgan fingerprint density at radius 2 is 2.06 bits per heavy atom. The number of benzene rings is 1. The summed E-state index contributed by atoms with van der Waals surface area (Å²) in [4.78, 5) is 1.74. The largest absolute Gasteiger partial charge is 0.375 e. The Hall–Kier alpha value is -0.680. The van der Waals surface area contributed by atoms with Crippen molar-refractivity contribution in [3.63, 3.8) is 0 Å². The van der Waals surface area contributed by atoms with Gasteiger partial charge in [-0.2, -0.15) is 0 Å². The lowest BCUT2D eigenvalue weighted by molar-refractivity contribution is 0.0380. The van der Waals surface area contributed by atoms with Gasteiger partial charge in [0, 0.05) is 18.4 Å². The van der Waals surface area contributed by atoms with Gasteiger partial charge >= 0.3 is 0 Å². The normalized spacial score (nSPS) is 20.2. The van der Waals surface area contributed by atoms with Crippen molar-refractivity contribution < 1.29 is 13.5 Å². The zero-order valence-electron chi connectivity index (χ0n) is 10.3. The summed E-state index contributed by atoms with van der Waals surface area (Å²) in [7, 11) is 0. The molecule has 0 radical (unpaired) electrons. The summed E-state index contributed by atoms with van der Waals surface area (Å²) in [6.07, 6.45) is 0.896. The molecule has 5 heteroatoms. The molecule has 2 rings (SSSR count). The second-order valence-corrected chi connectivity index (χ2v) is 4.95. The van der Waals surface area contributed by atoms with Gasteiger partial charge in [-0.05, 0) is 24.1 Å². The fraction of sp³-hybridized carbons (Fsp3) is 0.538. The lowest BCUT2D eigenvalue weighted by Gasteiger charge is -2.34. The molecule has 1 unspecified atom stereocenters. The molecule has 1 saturated heterocycles. The van der Waals surface area contributed by atoms with Crippen LogP contribution in [-0.4, -0.2) is 25.8 Å². The van der Waals surface area contributed by atoms with Crippen LogP contribution in [0.15, 0.2) is 12.1 Å². The van der Waals surface area contributed by atoms with Crippen molar-refractivity contribution in [2.75, 3.05) is 24.6 Å². The standard InChI is InChI=1S/C13H16BrF2NO/c1-2-10-8-17(3-4-18-10)13-11(15)5-9(7-14)6-12(13)16/h5-6,10H,2-4,7-8H2,1H3. The molecule has 0 spiro atoms. The van der Waals surface area contributed by atoms with Crippen LogP contribution in [0.5, 0.6) is 0 Å². The van der Waals surface area contributed by atoms with E-state index in [-0.39, 0.29) is 11.8 Å². The molecular weight excluding hydrogens is 304 g/mol. The summed E-state index contributed by atoms with van der Waals surface area (Å²) in [5, 5.41) is 0.446. The molecule has 0 bridgehead atoms. The molecule has 0 aliphatic carbocycles. The number of ether oxygens (including phenoxy) is 1. The Kier molecular flexibility index (Phi) is 4.56. The fourth-order valence-corrected chi connectivity index (χ4v) is 2.49. The van der Waals surface area contributed by atoms with Crippen molar-refractivity contribution in [2.45, 2.75) is 24.8 Å². The summed E-state index contributed by atoms with van der Waals surface area (Å²) < 4.78 is 33.4. The van der Waals surface area contributed by atoms with Crippen molar-refractivity contribution >= 4 is 21.6 Å². The highest BCUT2D eigenvalue weighted by atomic mass is 79.9. The molecule has 18 heavy (non-hydrogen) atoms. The summed E-state index contributed by atoms with van der Waals surface area (Å²) in [6, 6.07) is 2.76. The van der Waals surface area contributed by atoms with Gasteiger partial charge in [0.25, 0.3) is 0 Å². The average molecular weight is 320 g/mol. The van der Waals surface area contributed by atoms with Crippen molar-refractivity contribution in [3.05, 3.63) is 29.3 Å². The number of morpholine rings is 1. The Balaban J connectivity index is 2.27. The maximum Gasteiger partial charge on any atom is 0.149 e. The van der Waals surface area contributed by atoms with Crippen LogP contribution in [0.4, 0.5) is 14.5 Å². The van der Waals surface area contributed by atoms with Crippen molar-refractivity contribution in [3.8, 4) is 0 Å². The first kappa shape index (κ1) is 13.7.